The van der Waals surface area contributed by atoms with Crippen molar-refractivity contribution in [3.05, 3.63) is 106 Å². The molecule has 3 aromatic carbocycles. The fourth-order valence-electron chi connectivity index (χ4n) is 3.54. The van der Waals surface area contributed by atoms with Crippen molar-refractivity contribution >= 4 is 28.5 Å². The number of benzene rings is 3. The predicted octanol–water partition coefficient (Wildman–Crippen LogP) is 4.13. The standard InChI is InChI=1S/C26H23N3O3/c1-29(17-24-27-22-14-8-7-13-20(22)25(30)28-24)26(31)21(18-10-4-3-5-11-18)16-19-12-6-9-15-23(19)32-2/h3-16H,17H2,1-2H3,(H,27,28,30). The van der Waals surface area contributed by atoms with Gasteiger partial charge in [-0.1, -0.05) is 60.7 Å². The second-order valence-corrected chi connectivity index (χ2v) is 7.36. The van der Waals surface area contributed by atoms with Gasteiger partial charge in [-0.05, 0) is 29.8 Å². The number of hydrogen-bond acceptors (Lipinski definition) is 4. The number of H-pyrrole nitrogens is 1. The third-order valence-corrected chi connectivity index (χ3v) is 5.15. The van der Waals surface area contributed by atoms with Gasteiger partial charge in [0.2, 0.25) is 0 Å². The largest absolute Gasteiger partial charge is 0.496 e. The molecule has 0 saturated heterocycles. The zero-order valence-corrected chi connectivity index (χ0v) is 17.9. The lowest BCUT2D eigenvalue weighted by Crippen LogP contribution is -2.29. The van der Waals surface area contributed by atoms with Gasteiger partial charge in [-0.25, -0.2) is 4.98 Å². The Balaban J connectivity index is 1.70. The highest BCUT2D eigenvalue weighted by atomic mass is 16.5. The molecule has 1 amide bonds. The Hall–Kier alpha value is -4.19. The summed E-state index contributed by atoms with van der Waals surface area (Å²) in [5.74, 6) is 0.907. The molecular formula is C26H23N3O3. The van der Waals surface area contributed by atoms with Gasteiger partial charge >= 0.3 is 0 Å². The summed E-state index contributed by atoms with van der Waals surface area (Å²) in [5, 5.41) is 0.520. The van der Waals surface area contributed by atoms with Crippen LogP contribution in [-0.4, -0.2) is 34.9 Å². The highest BCUT2D eigenvalue weighted by molar-refractivity contribution is 6.24. The molecule has 4 rings (SSSR count). The third-order valence-electron chi connectivity index (χ3n) is 5.15. The Bertz CT molecular complexity index is 1340. The van der Waals surface area contributed by atoms with Crippen molar-refractivity contribution in [2.75, 3.05) is 14.2 Å². The van der Waals surface area contributed by atoms with Gasteiger partial charge in [0, 0.05) is 18.2 Å². The molecule has 160 valence electrons. The summed E-state index contributed by atoms with van der Waals surface area (Å²) < 4.78 is 5.45. The first-order valence-electron chi connectivity index (χ1n) is 10.2. The van der Waals surface area contributed by atoms with Crippen LogP contribution in [0.1, 0.15) is 17.0 Å². The van der Waals surface area contributed by atoms with Gasteiger partial charge < -0.3 is 14.6 Å². The number of fused-ring (bicyclic) bond motifs is 1. The van der Waals surface area contributed by atoms with Crippen LogP contribution in [0.25, 0.3) is 22.6 Å². The highest BCUT2D eigenvalue weighted by Crippen LogP contribution is 2.26. The van der Waals surface area contributed by atoms with E-state index in [1.165, 1.54) is 0 Å². The van der Waals surface area contributed by atoms with Crippen LogP contribution in [0, 0.1) is 0 Å². The SMILES string of the molecule is COc1ccccc1C=C(C(=O)N(C)Cc1nc2ccccc2c(=O)[nH]1)c1ccccc1. The minimum Gasteiger partial charge on any atom is -0.496 e. The van der Waals surface area contributed by atoms with Crippen molar-refractivity contribution in [1.82, 2.24) is 14.9 Å². The Morgan fingerprint density at radius 2 is 1.69 bits per heavy atom. The number of aromatic amines is 1. The van der Waals surface area contributed by atoms with Gasteiger partial charge in [-0.3, -0.25) is 9.59 Å². The van der Waals surface area contributed by atoms with E-state index in [9.17, 15) is 9.59 Å². The molecule has 0 bridgehead atoms. The lowest BCUT2D eigenvalue weighted by atomic mass is 10.0. The molecular weight excluding hydrogens is 402 g/mol. The minimum atomic E-state index is -0.223. The molecule has 4 aromatic rings. The van der Waals surface area contributed by atoms with Crippen LogP contribution in [-0.2, 0) is 11.3 Å². The van der Waals surface area contributed by atoms with Crippen molar-refractivity contribution < 1.29 is 9.53 Å². The average molecular weight is 425 g/mol. The Labute approximate surface area is 185 Å². The molecule has 0 unspecified atom stereocenters. The molecule has 0 saturated carbocycles. The first-order valence-corrected chi connectivity index (χ1v) is 10.2. The van der Waals surface area contributed by atoms with E-state index in [4.69, 9.17) is 4.74 Å². The number of aromatic nitrogens is 2. The number of nitrogens with zero attached hydrogens (tertiary/aromatic N) is 2. The van der Waals surface area contributed by atoms with Crippen molar-refractivity contribution in [3.63, 3.8) is 0 Å². The van der Waals surface area contributed by atoms with Crippen molar-refractivity contribution in [1.29, 1.82) is 0 Å². The van der Waals surface area contributed by atoms with Gasteiger partial charge in [0.05, 0.1) is 24.6 Å². The zero-order chi connectivity index (χ0) is 22.5. The summed E-state index contributed by atoms with van der Waals surface area (Å²) in [6.45, 7) is 0.162. The quantitative estimate of drug-likeness (QED) is 0.372. The molecule has 1 aromatic heterocycles. The van der Waals surface area contributed by atoms with E-state index in [0.29, 0.717) is 28.0 Å². The number of amides is 1. The van der Waals surface area contributed by atoms with Crippen LogP contribution in [0.5, 0.6) is 5.75 Å². The number of ether oxygens (including phenoxy) is 1. The van der Waals surface area contributed by atoms with Crippen molar-refractivity contribution in [3.8, 4) is 5.75 Å². The second-order valence-electron chi connectivity index (χ2n) is 7.36. The third kappa shape index (κ3) is 4.44. The van der Waals surface area contributed by atoms with E-state index in [-0.39, 0.29) is 18.0 Å². The van der Waals surface area contributed by atoms with Gasteiger partial charge in [0.25, 0.3) is 11.5 Å². The maximum absolute atomic E-state index is 13.5. The summed E-state index contributed by atoms with van der Waals surface area (Å²) in [6.07, 6.45) is 1.82. The molecule has 0 aliphatic heterocycles. The number of nitrogens with one attached hydrogen (secondary N) is 1. The fraction of sp³-hybridized carbons (Fsp3) is 0.115. The molecule has 1 heterocycles. The minimum absolute atomic E-state index is 0.162. The van der Waals surface area contributed by atoms with E-state index in [1.807, 2.05) is 66.7 Å². The maximum Gasteiger partial charge on any atom is 0.258 e. The Morgan fingerprint density at radius 1 is 1.00 bits per heavy atom. The molecule has 32 heavy (non-hydrogen) atoms. The molecule has 0 aliphatic rings. The number of likely N-dealkylation sites (N-methyl/N-ethyl adjacent to an activating group) is 1. The van der Waals surface area contributed by atoms with E-state index in [2.05, 4.69) is 9.97 Å². The first kappa shape index (κ1) is 21.1. The molecule has 0 spiro atoms. The summed E-state index contributed by atoms with van der Waals surface area (Å²) >= 11 is 0. The topological polar surface area (TPSA) is 75.3 Å². The lowest BCUT2D eigenvalue weighted by molar-refractivity contribution is -0.124. The number of hydrogen-bond donors (Lipinski definition) is 1. The number of rotatable bonds is 6. The number of para-hydroxylation sites is 2. The zero-order valence-electron chi connectivity index (χ0n) is 17.9. The van der Waals surface area contributed by atoms with Crippen LogP contribution in [0.4, 0.5) is 0 Å². The Kier molecular flexibility index (Phi) is 6.12. The lowest BCUT2D eigenvalue weighted by Gasteiger charge is -2.19. The number of methoxy groups -OCH3 is 1. The Morgan fingerprint density at radius 3 is 2.47 bits per heavy atom. The number of carbonyl (C=O) groups excluding carboxylic acids is 1. The maximum atomic E-state index is 13.5. The summed E-state index contributed by atoms with van der Waals surface area (Å²) in [6, 6.07) is 24.1. The summed E-state index contributed by atoms with van der Waals surface area (Å²) in [4.78, 5) is 34.7. The smallest absolute Gasteiger partial charge is 0.258 e. The van der Waals surface area contributed by atoms with E-state index in [0.717, 1.165) is 11.1 Å². The van der Waals surface area contributed by atoms with Crippen molar-refractivity contribution in [2.24, 2.45) is 0 Å². The molecule has 0 radical (unpaired) electrons. The van der Waals surface area contributed by atoms with Crippen LogP contribution in [0.2, 0.25) is 0 Å². The summed E-state index contributed by atoms with van der Waals surface area (Å²) in [5.41, 5.74) is 2.48. The van der Waals surface area contributed by atoms with Crippen LogP contribution < -0.4 is 10.3 Å². The van der Waals surface area contributed by atoms with Gasteiger partial charge in [0.1, 0.15) is 11.6 Å². The van der Waals surface area contributed by atoms with Crippen molar-refractivity contribution in [2.45, 2.75) is 6.54 Å². The van der Waals surface area contributed by atoms with Crippen LogP contribution >= 0.6 is 0 Å². The fourth-order valence-corrected chi connectivity index (χ4v) is 3.54. The molecule has 6 nitrogen and oxygen atoms in total. The molecule has 0 atom stereocenters. The van der Waals surface area contributed by atoms with E-state index >= 15 is 0 Å². The number of carbonyl (C=O) groups is 1. The molecule has 1 N–H and O–H groups in total. The van der Waals surface area contributed by atoms with E-state index in [1.54, 1.807) is 37.3 Å². The van der Waals surface area contributed by atoms with Crippen LogP contribution in [0.3, 0.4) is 0 Å². The summed E-state index contributed by atoms with van der Waals surface area (Å²) in [7, 11) is 3.29. The van der Waals surface area contributed by atoms with Gasteiger partial charge in [-0.2, -0.15) is 0 Å². The monoisotopic (exact) mass is 425 g/mol. The normalized spacial score (nSPS) is 11.4. The van der Waals surface area contributed by atoms with E-state index < -0.39 is 0 Å². The van der Waals surface area contributed by atoms with Gasteiger partial charge in [0.15, 0.2) is 0 Å². The average Bonchev–Trinajstić information content (AvgIpc) is 2.83. The molecule has 0 aliphatic carbocycles. The van der Waals surface area contributed by atoms with Gasteiger partial charge in [-0.15, -0.1) is 0 Å². The van der Waals surface area contributed by atoms with Crippen LogP contribution in [0.15, 0.2) is 83.7 Å². The second kappa shape index (κ2) is 9.31. The highest BCUT2D eigenvalue weighted by Gasteiger charge is 2.19. The molecule has 0 fully saturated rings. The molecule has 6 heteroatoms. The predicted molar refractivity (Wildman–Crippen MR) is 126 cm³/mol. The first-order chi connectivity index (χ1) is 15.6.